The van der Waals surface area contributed by atoms with Gasteiger partial charge >= 0.3 is 5.97 Å². The van der Waals surface area contributed by atoms with E-state index in [0.29, 0.717) is 40.1 Å². The van der Waals surface area contributed by atoms with Gasteiger partial charge in [0.05, 0.1) is 6.20 Å². The minimum atomic E-state index is -0.666. The second-order valence-electron chi connectivity index (χ2n) is 9.16. The van der Waals surface area contributed by atoms with Gasteiger partial charge in [-0.2, -0.15) is 10.1 Å². The number of benzene rings is 1. The Balaban J connectivity index is 1.50. The Morgan fingerprint density at radius 3 is 2.74 bits per heavy atom. The monoisotopic (exact) mass is 483 g/mol. The molecule has 0 saturated heterocycles. The SMILES string of the molecule is Cc1cc2c(F)c(Oc3ncnn4cc(OC[C@@H](C)OC(=O)[C@@H](N)CC(C)C)c(C)c34)ccc2[nH]1. The molecule has 3 N–H and O–H groups in total. The summed E-state index contributed by atoms with van der Waals surface area (Å²) >= 11 is 0. The number of halogens is 1. The van der Waals surface area contributed by atoms with Crippen LogP contribution in [0.3, 0.4) is 0 Å². The highest BCUT2D eigenvalue weighted by molar-refractivity contribution is 5.83. The molecule has 0 spiro atoms. The van der Waals surface area contributed by atoms with Gasteiger partial charge < -0.3 is 24.9 Å². The number of aryl methyl sites for hydroxylation is 2. The quantitative estimate of drug-likeness (QED) is 0.338. The standard InChI is InChI=1S/C25H30FN5O4/c1-13(2)8-18(27)25(32)34-15(4)11-33-21-10-31-23(16(21)5)24(28-12-29-31)35-20-7-6-19-17(22(20)26)9-14(3)30-19/h6-7,9-10,12-13,15,18,30H,8,11,27H2,1-5H3/t15-,18+/m1/s1. The van der Waals surface area contributed by atoms with Crippen LogP contribution in [0.25, 0.3) is 16.4 Å². The molecule has 2 atom stereocenters. The van der Waals surface area contributed by atoms with Gasteiger partial charge in [0.15, 0.2) is 11.6 Å². The van der Waals surface area contributed by atoms with Crippen LogP contribution in [-0.4, -0.2) is 44.3 Å². The first-order valence-electron chi connectivity index (χ1n) is 11.5. The average molecular weight is 484 g/mol. The summed E-state index contributed by atoms with van der Waals surface area (Å²) in [4.78, 5) is 19.5. The second kappa shape index (κ2) is 9.91. The van der Waals surface area contributed by atoms with Crippen LogP contribution in [-0.2, 0) is 9.53 Å². The summed E-state index contributed by atoms with van der Waals surface area (Å²) in [5.74, 6) is 0.125. The zero-order valence-electron chi connectivity index (χ0n) is 20.5. The lowest BCUT2D eigenvalue weighted by Crippen LogP contribution is -2.36. The molecule has 4 rings (SSSR count). The minimum Gasteiger partial charge on any atom is -0.488 e. The first-order valence-corrected chi connectivity index (χ1v) is 11.5. The molecule has 0 radical (unpaired) electrons. The van der Waals surface area contributed by atoms with E-state index >= 15 is 4.39 Å². The summed E-state index contributed by atoms with van der Waals surface area (Å²) < 4.78 is 33.8. The summed E-state index contributed by atoms with van der Waals surface area (Å²) in [6.07, 6.45) is 3.04. The maximum absolute atomic E-state index is 15.0. The molecule has 1 aromatic carbocycles. The van der Waals surface area contributed by atoms with E-state index in [2.05, 4.69) is 15.1 Å². The van der Waals surface area contributed by atoms with Gasteiger partial charge in [-0.25, -0.2) is 8.91 Å². The van der Waals surface area contributed by atoms with E-state index in [1.165, 1.54) is 6.33 Å². The predicted molar refractivity (Wildman–Crippen MR) is 129 cm³/mol. The Kier molecular flexibility index (Phi) is 6.93. The number of aromatic amines is 1. The van der Waals surface area contributed by atoms with Gasteiger partial charge in [-0.15, -0.1) is 0 Å². The van der Waals surface area contributed by atoms with Crippen LogP contribution >= 0.6 is 0 Å². The van der Waals surface area contributed by atoms with Crippen molar-refractivity contribution < 1.29 is 23.4 Å². The molecule has 0 fully saturated rings. The maximum atomic E-state index is 15.0. The zero-order chi connectivity index (χ0) is 25.3. The van der Waals surface area contributed by atoms with E-state index in [1.807, 2.05) is 27.7 Å². The lowest BCUT2D eigenvalue weighted by Gasteiger charge is -2.18. The van der Waals surface area contributed by atoms with Gasteiger partial charge in [0.2, 0.25) is 5.88 Å². The van der Waals surface area contributed by atoms with Crippen molar-refractivity contribution in [3.63, 3.8) is 0 Å². The molecule has 0 aliphatic carbocycles. The summed E-state index contributed by atoms with van der Waals surface area (Å²) in [5, 5.41) is 4.65. The fraction of sp³-hybridized carbons (Fsp3) is 0.400. The van der Waals surface area contributed by atoms with Crippen molar-refractivity contribution in [3.05, 3.63) is 47.8 Å². The largest absolute Gasteiger partial charge is 0.488 e. The van der Waals surface area contributed by atoms with E-state index in [-0.39, 0.29) is 18.2 Å². The topological polar surface area (TPSA) is 117 Å². The summed E-state index contributed by atoms with van der Waals surface area (Å²) in [5.41, 5.74) is 8.68. The average Bonchev–Trinajstić information content (AvgIpc) is 3.34. The van der Waals surface area contributed by atoms with Gasteiger partial charge in [0.25, 0.3) is 0 Å². The van der Waals surface area contributed by atoms with Crippen LogP contribution in [0.1, 0.15) is 38.4 Å². The molecule has 0 unspecified atom stereocenters. The lowest BCUT2D eigenvalue weighted by molar-refractivity contribution is -0.151. The highest BCUT2D eigenvalue weighted by Crippen LogP contribution is 2.34. The highest BCUT2D eigenvalue weighted by atomic mass is 19.1. The molecule has 0 saturated carbocycles. The number of carbonyl (C=O) groups is 1. The fourth-order valence-electron chi connectivity index (χ4n) is 3.93. The molecular weight excluding hydrogens is 453 g/mol. The molecule has 4 aromatic rings. The van der Waals surface area contributed by atoms with Gasteiger partial charge in [0, 0.05) is 22.2 Å². The van der Waals surface area contributed by atoms with E-state index in [0.717, 1.165) is 5.69 Å². The number of H-pyrrole nitrogens is 1. The van der Waals surface area contributed by atoms with Gasteiger partial charge in [-0.1, -0.05) is 13.8 Å². The molecule has 10 heteroatoms. The van der Waals surface area contributed by atoms with E-state index in [4.69, 9.17) is 19.9 Å². The number of ether oxygens (including phenoxy) is 3. The van der Waals surface area contributed by atoms with E-state index in [9.17, 15) is 4.79 Å². The molecule has 3 aromatic heterocycles. The predicted octanol–water partition coefficient (Wildman–Crippen LogP) is 4.44. The van der Waals surface area contributed by atoms with Crippen molar-refractivity contribution in [1.82, 2.24) is 19.6 Å². The molecule has 0 aliphatic heterocycles. The number of nitrogens with two attached hydrogens (primary N) is 1. The second-order valence-corrected chi connectivity index (χ2v) is 9.16. The molecule has 3 heterocycles. The van der Waals surface area contributed by atoms with E-state index < -0.39 is 23.9 Å². The zero-order valence-corrected chi connectivity index (χ0v) is 20.5. The third-order valence-corrected chi connectivity index (χ3v) is 5.61. The number of fused-ring (bicyclic) bond motifs is 2. The molecule has 0 bridgehead atoms. The molecule has 186 valence electrons. The Bertz CT molecular complexity index is 1360. The van der Waals surface area contributed by atoms with Crippen molar-refractivity contribution in [1.29, 1.82) is 0 Å². The molecular formula is C25H30FN5O4. The first kappa shape index (κ1) is 24.5. The third-order valence-electron chi connectivity index (χ3n) is 5.61. The Hall–Kier alpha value is -3.66. The minimum absolute atomic E-state index is 0.0541. The molecule has 0 amide bonds. The number of esters is 1. The lowest BCUT2D eigenvalue weighted by atomic mass is 10.1. The van der Waals surface area contributed by atoms with Crippen LogP contribution in [0.15, 0.2) is 30.7 Å². The number of aromatic nitrogens is 4. The van der Waals surface area contributed by atoms with Crippen molar-refractivity contribution in [2.24, 2.45) is 11.7 Å². The maximum Gasteiger partial charge on any atom is 0.323 e. The number of rotatable bonds is 9. The Labute approximate surface area is 202 Å². The smallest absolute Gasteiger partial charge is 0.323 e. The number of carbonyl (C=O) groups excluding carboxylic acids is 1. The summed E-state index contributed by atoms with van der Waals surface area (Å²) in [6.45, 7) is 9.54. The summed E-state index contributed by atoms with van der Waals surface area (Å²) in [7, 11) is 0. The van der Waals surface area contributed by atoms with Crippen molar-refractivity contribution in [3.8, 4) is 17.4 Å². The van der Waals surface area contributed by atoms with Gasteiger partial charge in [-0.3, -0.25) is 4.79 Å². The van der Waals surface area contributed by atoms with Crippen LogP contribution in [0.2, 0.25) is 0 Å². The van der Waals surface area contributed by atoms with E-state index in [1.54, 1.807) is 35.8 Å². The third kappa shape index (κ3) is 5.22. The van der Waals surface area contributed by atoms with Crippen molar-refractivity contribution in [2.45, 2.75) is 53.2 Å². The summed E-state index contributed by atoms with van der Waals surface area (Å²) in [6, 6.07) is 4.38. The van der Waals surface area contributed by atoms with Crippen molar-refractivity contribution in [2.75, 3.05) is 6.61 Å². The fourth-order valence-corrected chi connectivity index (χ4v) is 3.93. The van der Waals surface area contributed by atoms with Crippen molar-refractivity contribution >= 4 is 22.4 Å². The Morgan fingerprint density at radius 2 is 2.00 bits per heavy atom. The van der Waals surface area contributed by atoms with Crippen LogP contribution in [0.5, 0.6) is 17.4 Å². The molecule has 0 aliphatic rings. The molecule has 35 heavy (non-hydrogen) atoms. The van der Waals surface area contributed by atoms with Crippen LogP contribution in [0, 0.1) is 25.6 Å². The normalized spacial score (nSPS) is 13.4. The van der Waals surface area contributed by atoms with Crippen LogP contribution < -0.4 is 15.2 Å². The highest BCUT2D eigenvalue weighted by Gasteiger charge is 2.21. The Morgan fingerprint density at radius 1 is 1.23 bits per heavy atom. The molecule has 9 nitrogen and oxygen atoms in total. The van der Waals surface area contributed by atoms with Gasteiger partial charge in [-0.05, 0) is 51.3 Å². The van der Waals surface area contributed by atoms with Crippen LogP contribution in [0.4, 0.5) is 4.39 Å². The number of nitrogens with zero attached hydrogens (tertiary/aromatic N) is 3. The van der Waals surface area contributed by atoms with Gasteiger partial charge in [0.1, 0.15) is 36.3 Å². The number of hydrogen-bond acceptors (Lipinski definition) is 7. The first-order chi connectivity index (χ1) is 16.6. The number of hydrogen-bond donors (Lipinski definition) is 2. The number of nitrogens with one attached hydrogen (secondary N) is 1.